The molecular formula is C72H83F3N6O7. The van der Waals surface area contributed by atoms with Crippen molar-refractivity contribution in [2.45, 2.75) is 130 Å². The van der Waals surface area contributed by atoms with Crippen molar-refractivity contribution in [3.8, 4) is 0 Å². The SMILES string of the molecule is CCc1ccccc1.C[C@@H](Cc1ccccc1)C(=O)N(C)c1ccccc1.C[C@@H](Cc1ccccc1)C(=O)O.Cc1nn(CC(=O)C[C@@H](Cc2ccccc2)C(=O)N(C)c2ccccc2)c2c1CCCC2.O=C(O)Cn1nc(C(F)(F)F)c2c1CCCC2. The van der Waals surface area contributed by atoms with E-state index < -0.39 is 36.3 Å². The number of rotatable bonds is 18. The Hall–Kier alpha value is -8.92. The number of carbonyl (C=O) groups excluding carboxylic acids is 3. The van der Waals surface area contributed by atoms with E-state index in [0.717, 1.165) is 71.4 Å². The maximum atomic E-state index is 13.4. The molecule has 0 unspecified atom stereocenters. The third-order valence-electron chi connectivity index (χ3n) is 15.6. The number of halogens is 3. The number of aromatic nitrogens is 4. The third-order valence-corrected chi connectivity index (χ3v) is 15.6. The first kappa shape index (κ1) is 68.2. The summed E-state index contributed by atoms with van der Waals surface area (Å²) in [6, 6.07) is 59.5. The second kappa shape index (κ2) is 34.4. The van der Waals surface area contributed by atoms with Crippen molar-refractivity contribution >= 4 is 40.9 Å². The smallest absolute Gasteiger partial charge is 0.435 e. The molecule has 0 bridgehead atoms. The van der Waals surface area contributed by atoms with Crippen LogP contribution in [0.2, 0.25) is 0 Å². The summed E-state index contributed by atoms with van der Waals surface area (Å²) in [5.41, 5.74) is 9.74. The van der Waals surface area contributed by atoms with Crippen LogP contribution in [0.3, 0.4) is 0 Å². The van der Waals surface area contributed by atoms with E-state index in [2.05, 4.69) is 53.5 Å². The number of ketones is 1. The Bertz CT molecular complexity index is 3430. The number of amides is 2. The van der Waals surface area contributed by atoms with Gasteiger partial charge in [0.15, 0.2) is 11.5 Å². The number of carboxylic acids is 2. The lowest BCUT2D eigenvalue weighted by Crippen LogP contribution is -2.35. The van der Waals surface area contributed by atoms with E-state index in [1.54, 1.807) is 23.8 Å². The number of benzene rings is 6. The van der Waals surface area contributed by atoms with Gasteiger partial charge in [-0.1, -0.05) is 178 Å². The highest BCUT2D eigenvalue weighted by atomic mass is 19.4. The number of carbonyl (C=O) groups is 5. The number of anilines is 2. The summed E-state index contributed by atoms with van der Waals surface area (Å²) in [5, 5.41) is 25.3. The van der Waals surface area contributed by atoms with Crippen molar-refractivity contribution in [3.63, 3.8) is 0 Å². The molecule has 6 aromatic carbocycles. The lowest BCUT2D eigenvalue weighted by atomic mass is 9.92. The second-order valence-corrected chi connectivity index (χ2v) is 22.4. The van der Waals surface area contributed by atoms with E-state index in [1.165, 1.54) is 28.8 Å². The molecule has 2 heterocycles. The second-order valence-electron chi connectivity index (χ2n) is 22.4. The monoisotopic (exact) mass is 1200 g/mol. The molecule has 0 saturated heterocycles. The van der Waals surface area contributed by atoms with Gasteiger partial charge in [0.2, 0.25) is 11.8 Å². The molecule has 0 spiro atoms. The van der Waals surface area contributed by atoms with Gasteiger partial charge < -0.3 is 20.0 Å². The zero-order chi connectivity index (χ0) is 63.6. The van der Waals surface area contributed by atoms with E-state index in [1.807, 2.05) is 171 Å². The third kappa shape index (κ3) is 21.2. The molecule has 2 aromatic heterocycles. The number of hydrogen-bond donors (Lipinski definition) is 2. The zero-order valence-corrected chi connectivity index (χ0v) is 51.4. The van der Waals surface area contributed by atoms with Crippen LogP contribution in [0.4, 0.5) is 24.5 Å². The van der Waals surface area contributed by atoms with Crippen molar-refractivity contribution in [1.29, 1.82) is 0 Å². The van der Waals surface area contributed by atoms with Crippen molar-refractivity contribution in [2.24, 2.45) is 17.8 Å². The maximum Gasteiger partial charge on any atom is 0.435 e. The Kier molecular flexibility index (Phi) is 26.7. The molecule has 2 amide bonds. The number of carboxylic acid groups (broad SMARTS) is 2. The Balaban J connectivity index is 0.000000189. The molecule has 3 atom stereocenters. The number of para-hydroxylation sites is 2. The van der Waals surface area contributed by atoms with Gasteiger partial charge in [0.25, 0.3) is 0 Å². The number of fused-ring (bicyclic) bond motifs is 2. The fraction of sp³-hybridized carbons (Fsp3) is 0.347. The number of Topliss-reactive ketones (excluding diaryl/α,β-unsaturated/α-hetero) is 1. The van der Waals surface area contributed by atoms with Crippen LogP contribution < -0.4 is 9.80 Å². The van der Waals surface area contributed by atoms with E-state index in [4.69, 9.17) is 10.2 Å². The Labute approximate surface area is 515 Å². The fourth-order valence-corrected chi connectivity index (χ4v) is 10.8. The van der Waals surface area contributed by atoms with Crippen molar-refractivity contribution < 1.29 is 47.4 Å². The van der Waals surface area contributed by atoms with E-state index in [0.29, 0.717) is 37.8 Å². The molecule has 88 heavy (non-hydrogen) atoms. The molecule has 0 radical (unpaired) electrons. The molecule has 2 aliphatic rings. The summed E-state index contributed by atoms with van der Waals surface area (Å²) in [4.78, 5) is 63.4. The Morgan fingerprint density at radius 3 is 1.33 bits per heavy atom. The van der Waals surface area contributed by atoms with E-state index >= 15 is 0 Å². The summed E-state index contributed by atoms with van der Waals surface area (Å²) in [7, 11) is 3.62. The van der Waals surface area contributed by atoms with E-state index in [-0.39, 0.29) is 48.0 Å². The van der Waals surface area contributed by atoms with Gasteiger partial charge in [0, 0.05) is 60.7 Å². The molecule has 0 fully saturated rings. The molecule has 10 rings (SSSR count). The van der Waals surface area contributed by atoms with Gasteiger partial charge in [-0.15, -0.1) is 0 Å². The van der Waals surface area contributed by atoms with Gasteiger partial charge in [-0.3, -0.25) is 33.3 Å². The van der Waals surface area contributed by atoms with Gasteiger partial charge in [-0.05, 0) is 136 Å². The predicted molar refractivity (Wildman–Crippen MR) is 340 cm³/mol. The predicted octanol–water partition coefficient (Wildman–Crippen LogP) is 14.1. The number of alkyl halides is 3. The van der Waals surface area contributed by atoms with E-state index in [9.17, 15) is 37.1 Å². The average molecular weight is 1200 g/mol. The zero-order valence-electron chi connectivity index (χ0n) is 51.4. The fourth-order valence-electron chi connectivity index (χ4n) is 10.8. The van der Waals surface area contributed by atoms with Crippen molar-refractivity contribution in [3.05, 3.63) is 238 Å². The normalized spacial score (nSPS) is 13.2. The van der Waals surface area contributed by atoms with Crippen molar-refractivity contribution in [2.75, 3.05) is 23.9 Å². The summed E-state index contributed by atoms with van der Waals surface area (Å²) in [6.45, 7) is 7.61. The lowest BCUT2D eigenvalue weighted by molar-refractivity contribution is -0.143. The lowest BCUT2D eigenvalue weighted by Gasteiger charge is -2.24. The van der Waals surface area contributed by atoms with Crippen LogP contribution in [0.25, 0.3) is 0 Å². The molecule has 464 valence electrons. The van der Waals surface area contributed by atoms with Crippen LogP contribution in [0.5, 0.6) is 0 Å². The molecule has 8 aromatic rings. The average Bonchev–Trinajstić information content (AvgIpc) is 2.10. The maximum absolute atomic E-state index is 13.4. The van der Waals surface area contributed by atoms with Gasteiger partial charge >= 0.3 is 18.1 Å². The van der Waals surface area contributed by atoms with Crippen LogP contribution in [-0.4, -0.2) is 73.4 Å². The quantitative estimate of drug-likeness (QED) is 0.0849. The van der Waals surface area contributed by atoms with Crippen molar-refractivity contribution in [1.82, 2.24) is 19.6 Å². The molecule has 0 aliphatic heterocycles. The summed E-state index contributed by atoms with van der Waals surface area (Å²) in [6.07, 6.45) is 5.37. The molecule has 13 nitrogen and oxygen atoms in total. The van der Waals surface area contributed by atoms with Crippen LogP contribution in [0, 0.1) is 24.7 Å². The van der Waals surface area contributed by atoms with Gasteiger partial charge in [0.1, 0.15) is 6.54 Å². The molecule has 0 saturated carbocycles. The first-order chi connectivity index (χ1) is 42.2. The highest BCUT2D eigenvalue weighted by Crippen LogP contribution is 2.36. The minimum absolute atomic E-state index is 0.0207. The number of hydrogen-bond acceptors (Lipinski definition) is 7. The summed E-state index contributed by atoms with van der Waals surface area (Å²) in [5.74, 6) is -2.49. The topological polar surface area (TPSA) is 168 Å². The number of aryl methyl sites for hydroxylation is 2. The molecular weight excluding hydrogens is 1120 g/mol. The highest BCUT2D eigenvalue weighted by molar-refractivity contribution is 5.97. The summed E-state index contributed by atoms with van der Waals surface area (Å²) < 4.78 is 41.0. The highest BCUT2D eigenvalue weighted by Gasteiger charge is 2.40. The first-order valence-electron chi connectivity index (χ1n) is 30.2. The number of aliphatic carboxylic acids is 2. The molecule has 16 heteroatoms. The standard InChI is InChI=1S/C27H31N3O2.C17H19NO.C10H11F3N2O2.C10H12O2.C8H10/c1-20-25-15-9-10-16-26(25)30(28-20)19-24(31)18-22(17-21-11-5-3-6-12-21)27(32)29(2)23-13-7-4-8-14-23;1-14(13-15-9-5-3-6-10-15)17(19)18(2)16-11-7-4-8-12-16;11-10(12,13)9-6-3-1-2-4-7(6)15(14-9)5-8(16)17;1-8(10(11)12)7-9-5-3-2-4-6-9;1-2-8-6-4-3-5-7-8/h3-8,11-14,22H,9-10,15-19H2,1-2H3;3-12,14H,13H2,1-2H3;1-5H2,(H,16,17);2-6,8H,7H2,1H3,(H,11,12);3-7H,2H2,1H3/t22-;14-;;8-;/m10.0./s1. The first-order valence-corrected chi connectivity index (χ1v) is 30.2. The van der Waals surface area contributed by atoms with Crippen LogP contribution in [0.15, 0.2) is 182 Å². The minimum Gasteiger partial charge on any atom is -0.481 e. The molecule has 2 aliphatic carbocycles. The Morgan fingerprint density at radius 1 is 0.511 bits per heavy atom. The van der Waals surface area contributed by atoms with Crippen LogP contribution in [0.1, 0.15) is 109 Å². The van der Waals surface area contributed by atoms with Gasteiger partial charge in [0.05, 0.1) is 18.2 Å². The summed E-state index contributed by atoms with van der Waals surface area (Å²) >= 11 is 0. The van der Waals surface area contributed by atoms with Gasteiger partial charge in [-0.25, -0.2) is 0 Å². The van der Waals surface area contributed by atoms with Crippen LogP contribution in [-0.2, 0) is 94.6 Å². The Morgan fingerprint density at radius 2 is 0.898 bits per heavy atom. The minimum atomic E-state index is -4.51. The van der Waals surface area contributed by atoms with Gasteiger partial charge in [-0.2, -0.15) is 23.4 Å². The number of nitrogens with zero attached hydrogens (tertiary/aromatic N) is 6. The molecule has 2 N–H and O–H groups in total. The van der Waals surface area contributed by atoms with Crippen LogP contribution >= 0.6 is 0 Å². The largest absolute Gasteiger partial charge is 0.481 e.